The molecule has 0 aromatic heterocycles. The van der Waals surface area contributed by atoms with E-state index in [4.69, 9.17) is 0 Å². The lowest BCUT2D eigenvalue weighted by Gasteiger charge is -2.28. The predicted octanol–water partition coefficient (Wildman–Crippen LogP) is 2.79. The lowest BCUT2D eigenvalue weighted by molar-refractivity contribution is 0.0681. The number of benzene rings is 2. The van der Waals surface area contributed by atoms with E-state index in [0.29, 0.717) is 12.0 Å². The summed E-state index contributed by atoms with van der Waals surface area (Å²) >= 11 is 0. The Labute approximate surface area is 145 Å². The second-order valence-corrected chi connectivity index (χ2v) is 8.35. The average Bonchev–Trinajstić information content (AvgIpc) is 2.94. The smallest absolute Gasteiger partial charge is 0.254 e. The minimum Gasteiger partial charge on any atom is -0.330 e. The van der Waals surface area contributed by atoms with Gasteiger partial charge in [-0.1, -0.05) is 12.1 Å². The summed E-state index contributed by atoms with van der Waals surface area (Å²) in [5, 5.41) is 0. The van der Waals surface area contributed by atoms with Crippen LogP contribution in [0.25, 0.3) is 0 Å². The molecule has 1 aliphatic heterocycles. The molecular formula is C18H17F2NO3S. The van der Waals surface area contributed by atoms with Crippen LogP contribution in [0.2, 0.25) is 0 Å². The van der Waals surface area contributed by atoms with Crippen LogP contribution in [0, 0.1) is 11.6 Å². The lowest BCUT2D eigenvalue weighted by Crippen LogP contribution is -2.40. The summed E-state index contributed by atoms with van der Waals surface area (Å²) in [6, 6.07) is 10.4. The number of halogens is 2. The van der Waals surface area contributed by atoms with Gasteiger partial charge in [0, 0.05) is 18.2 Å². The Morgan fingerprint density at radius 3 is 2.08 bits per heavy atom. The fourth-order valence-electron chi connectivity index (χ4n) is 2.93. The molecule has 1 atom stereocenters. The average molecular weight is 365 g/mol. The highest BCUT2D eigenvalue weighted by Gasteiger charge is 2.35. The lowest BCUT2D eigenvalue weighted by atomic mass is 10.1. The van der Waals surface area contributed by atoms with Gasteiger partial charge in [0.15, 0.2) is 9.84 Å². The van der Waals surface area contributed by atoms with Gasteiger partial charge in [-0.05, 0) is 48.4 Å². The van der Waals surface area contributed by atoms with Gasteiger partial charge in [0.2, 0.25) is 0 Å². The van der Waals surface area contributed by atoms with E-state index in [1.165, 1.54) is 41.3 Å². The van der Waals surface area contributed by atoms with Crippen molar-refractivity contribution in [3.63, 3.8) is 0 Å². The third-order valence-electron chi connectivity index (χ3n) is 4.27. The maximum Gasteiger partial charge on any atom is 0.254 e. The molecule has 1 saturated heterocycles. The zero-order chi connectivity index (χ0) is 18.0. The summed E-state index contributed by atoms with van der Waals surface area (Å²) in [5.41, 5.74) is 0.981. The Bertz CT molecular complexity index is 864. The summed E-state index contributed by atoms with van der Waals surface area (Å²) < 4.78 is 49.8. The Hall–Kier alpha value is -2.28. The van der Waals surface area contributed by atoms with Gasteiger partial charge < -0.3 is 4.90 Å². The molecule has 0 bridgehead atoms. The van der Waals surface area contributed by atoms with Gasteiger partial charge in [0.1, 0.15) is 11.6 Å². The van der Waals surface area contributed by atoms with Crippen molar-refractivity contribution in [3.8, 4) is 0 Å². The van der Waals surface area contributed by atoms with E-state index in [1.54, 1.807) is 12.1 Å². The van der Waals surface area contributed by atoms with Crippen molar-refractivity contribution in [2.75, 3.05) is 11.5 Å². The summed E-state index contributed by atoms with van der Waals surface area (Å²) in [7, 11) is -3.18. The van der Waals surface area contributed by atoms with E-state index in [1.807, 2.05) is 0 Å². The van der Waals surface area contributed by atoms with Gasteiger partial charge in [-0.15, -0.1) is 0 Å². The maximum absolute atomic E-state index is 13.1. The molecule has 1 fully saturated rings. The molecule has 4 nitrogen and oxygen atoms in total. The molecule has 1 heterocycles. The van der Waals surface area contributed by atoms with Crippen LogP contribution in [0.3, 0.4) is 0 Å². The van der Waals surface area contributed by atoms with Gasteiger partial charge in [-0.3, -0.25) is 4.79 Å². The monoisotopic (exact) mass is 365 g/mol. The van der Waals surface area contributed by atoms with Gasteiger partial charge in [0.05, 0.1) is 11.5 Å². The molecule has 2 aromatic carbocycles. The molecule has 3 rings (SSSR count). The molecule has 0 aliphatic carbocycles. The van der Waals surface area contributed by atoms with Gasteiger partial charge in [0.25, 0.3) is 5.91 Å². The highest BCUT2D eigenvalue weighted by Crippen LogP contribution is 2.22. The third-order valence-corrected chi connectivity index (χ3v) is 6.02. The molecule has 1 aliphatic rings. The first-order chi connectivity index (χ1) is 11.8. The number of nitrogens with zero attached hydrogens (tertiary/aromatic N) is 1. The first-order valence-electron chi connectivity index (χ1n) is 7.85. The van der Waals surface area contributed by atoms with E-state index in [0.717, 1.165) is 0 Å². The van der Waals surface area contributed by atoms with Crippen molar-refractivity contribution in [1.82, 2.24) is 4.90 Å². The van der Waals surface area contributed by atoms with E-state index >= 15 is 0 Å². The molecule has 25 heavy (non-hydrogen) atoms. The molecule has 7 heteroatoms. The zero-order valence-corrected chi connectivity index (χ0v) is 14.2. The Balaban J connectivity index is 1.89. The number of hydrogen-bond donors (Lipinski definition) is 0. The summed E-state index contributed by atoms with van der Waals surface area (Å²) in [4.78, 5) is 14.3. The summed E-state index contributed by atoms with van der Waals surface area (Å²) in [5.74, 6) is -1.27. The van der Waals surface area contributed by atoms with Crippen LogP contribution in [0.5, 0.6) is 0 Å². The van der Waals surface area contributed by atoms with Crippen molar-refractivity contribution < 1.29 is 22.0 Å². The molecule has 0 spiro atoms. The molecule has 0 N–H and O–H groups in total. The summed E-state index contributed by atoms with van der Waals surface area (Å²) in [6.45, 7) is 0.163. The van der Waals surface area contributed by atoms with Crippen molar-refractivity contribution in [2.45, 2.75) is 19.0 Å². The molecule has 0 saturated carbocycles. The number of hydrogen-bond acceptors (Lipinski definition) is 3. The van der Waals surface area contributed by atoms with Crippen LogP contribution in [0.15, 0.2) is 48.5 Å². The molecule has 1 amide bonds. The van der Waals surface area contributed by atoms with Crippen LogP contribution in [-0.4, -0.2) is 36.8 Å². The molecule has 132 valence electrons. The second-order valence-electron chi connectivity index (χ2n) is 6.12. The van der Waals surface area contributed by atoms with Crippen molar-refractivity contribution >= 4 is 15.7 Å². The van der Waals surface area contributed by atoms with Gasteiger partial charge in [-0.2, -0.15) is 0 Å². The number of carbonyl (C=O) groups excluding carboxylic acids is 1. The first kappa shape index (κ1) is 17.5. The minimum absolute atomic E-state index is 0.0360. The standard InChI is InChI=1S/C18H17F2NO3S/c19-15-5-1-13(2-6-15)11-21(17-9-10-25(23,24)12-17)18(22)14-3-7-16(20)8-4-14/h1-8,17H,9-12H2. The number of carbonyl (C=O) groups is 1. The topological polar surface area (TPSA) is 54.5 Å². The fraction of sp³-hybridized carbons (Fsp3) is 0.278. The van der Waals surface area contributed by atoms with Crippen LogP contribution < -0.4 is 0 Å². The molecule has 1 unspecified atom stereocenters. The van der Waals surface area contributed by atoms with E-state index < -0.39 is 21.7 Å². The third kappa shape index (κ3) is 4.22. The largest absolute Gasteiger partial charge is 0.330 e. The summed E-state index contributed by atoms with van der Waals surface area (Å²) in [6.07, 6.45) is 0.358. The Morgan fingerprint density at radius 2 is 1.56 bits per heavy atom. The van der Waals surface area contributed by atoms with Gasteiger partial charge in [-0.25, -0.2) is 17.2 Å². The van der Waals surface area contributed by atoms with Crippen molar-refractivity contribution in [1.29, 1.82) is 0 Å². The fourth-order valence-corrected chi connectivity index (χ4v) is 4.66. The molecular weight excluding hydrogens is 348 g/mol. The number of sulfone groups is 1. The van der Waals surface area contributed by atoms with Crippen LogP contribution in [-0.2, 0) is 16.4 Å². The quantitative estimate of drug-likeness (QED) is 0.837. The number of rotatable bonds is 4. The second kappa shape index (κ2) is 6.92. The highest BCUT2D eigenvalue weighted by atomic mass is 32.2. The van der Waals surface area contributed by atoms with Gasteiger partial charge >= 0.3 is 0 Å². The number of amides is 1. The predicted molar refractivity (Wildman–Crippen MR) is 89.7 cm³/mol. The molecule has 0 radical (unpaired) electrons. The van der Waals surface area contributed by atoms with Crippen molar-refractivity contribution in [2.24, 2.45) is 0 Å². The Morgan fingerprint density at radius 1 is 1.00 bits per heavy atom. The van der Waals surface area contributed by atoms with E-state index in [9.17, 15) is 22.0 Å². The Kier molecular flexibility index (Phi) is 4.85. The van der Waals surface area contributed by atoms with E-state index in [-0.39, 0.29) is 35.3 Å². The van der Waals surface area contributed by atoms with Crippen LogP contribution in [0.4, 0.5) is 8.78 Å². The van der Waals surface area contributed by atoms with E-state index in [2.05, 4.69) is 0 Å². The van der Waals surface area contributed by atoms with Crippen molar-refractivity contribution in [3.05, 3.63) is 71.3 Å². The first-order valence-corrected chi connectivity index (χ1v) is 9.67. The zero-order valence-electron chi connectivity index (χ0n) is 13.4. The maximum atomic E-state index is 13.1. The molecule has 2 aromatic rings. The highest BCUT2D eigenvalue weighted by molar-refractivity contribution is 7.91. The minimum atomic E-state index is -3.18. The SMILES string of the molecule is O=C(c1ccc(F)cc1)N(Cc1ccc(F)cc1)C1CCS(=O)(=O)C1. The van der Waals surface area contributed by atoms with Crippen LogP contribution >= 0.6 is 0 Å². The normalized spacial score (nSPS) is 18.9. The van der Waals surface area contributed by atoms with Crippen LogP contribution in [0.1, 0.15) is 22.3 Å².